The fourth-order valence-electron chi connectivity index (χ4n) is 11.3. The van der Waals surface area contributed by atoms with Gasteiger partial charge in [-0.2, -0.15) is 0 Å². The van der Waals surface area contributed by atoms with Crippen molar-refractivity contribution < 1.29 is 80.2 Å². The first kappa shape index (κ1) is 91.1. The van der Waals surface area contributed by atoms with Crippen molar-refractivity contribution in [3.05, 3.63) is 0 Å². The van der Waals surface area contributed by atoms with Crippen LogP contribution in [0.4, 0.5) is 0 Å². The molecule has 93 heavy (non-hydrogen) atoms. The number of ether oxygens (including phenoxy) is 4. The molecule has 0 aromatic carbocycles. The van der Waals surface area contributed by atoms with Crippen LogP contribution in [0.1, 0.15) is 388 Å². The Bertz CT molecular complexity index is 1790. The fraction of sp³-hybridized carbons (Fsp3) is 0.946. The van der Waals surface area contributed by atoms with E-state index in [0.717, 1.165) is 109 Å². The quantitative estimate of drug-likeness (QED) is 0.0222. The van der Waals surface area contributed by atoms with Gasteiger partial charge in [0, 0.05) is 25.7 Å². The maximum absolute atomic E-state index is 13.1. The summed E-state index contributed by atoms with van der Waals surface area (Å²) in [5.74, 6) is -1.25. The minimum absolute atomic E-state index is 0.105. The van der Waals surface area contributed by atoms with Crippen molar-refractivity contribution in [3.63, 3.8) is 0 Å². The fourth-order valence-corrected chi connectivity index (χ4v) is 12.9. The summed E-state index contributed by atoms with van der Waals surface area (Å²) in [6, 6.07) is 0. The first-order valence-electron chi connectivity index (χ1n) is 38.7. The number of carbonyl (C=O) groups excluding carboxylic acids is 4. The third-order valence-corrected chi connectivity index (χ3v) is 19.5. The highest BCUT2D eigenvalue weighted by atomic mass is 31.2. The number of phosphoric acid groups is 2. The Morgan fingerprint density at radius 3 is 0.763 bits per heavy atom. The van der Waals surface area contributed by atoms with Gasteiger partial charge in [-0.25, -0.2) is 9.13 Å². The molecule has 19 heteroatoms. The second-order valence-corrected chi connectivity index (χ2v) is 29.8. The van der Waals surface area contributed by atoms with Crippen molar-refractivity contribution in [2.24, 2.45) is 5.92 Å². The van der Waals surface area contributed by atoms with E-state index >= 15 is 0 Å². The van der Waals surface area contributed by atoms with Gasteiger partial charge in [0.15, 0.2) is 12.2 Å². The number of unbranched alkanes of at least 4 members (excludes halogenated alkanes) is 45. The molecule has 3 N–H and O–H groups in total. The molecule has 0 radical (unpaired) electrons. The molecule has 552 valence electrons. The summed E-state index contributed by atoms with van der Waals surface area (Å²) < 4.78 is 68.2. The second kappa shape index (κ2) is 67.3. The smallest absolute Gasteiger partial charge is 0.462 e. The lowest BCUT2D eigenvalue weighted by Gasteiger charge is -2.21. The summed E-state index contributed by atoms with van der Waals surface area (Å²) in [4.78, 5) is 72.5. The molecule has 0 amide bonds. The molecule has 17 nitrogen and oxygen atoms in total. The van der Waals surface area contributed by atoms with Crippen LogP contribution in [0, 0.1) is 5.92 Å². The van der Waals surface area contributed by atoms with Crippen molar-refractivity contribution in [3.8, 4) is 0 Å². The van der Waals surface area contributed by atoms with Crippen LogP contribution in [-0.4, -0.2) is 96.7 Å². The lowest BCUT2D eigenvalue weighted by atomic mass is 9.99. The molecule has 3 unspecified atom stereocenters. The van der Waals surface area contributed by atoms with Gasteiger partial charge in [-0.05, 0) is 31.6 Å². The number of rotatable bonds is 74. The molecule has 0 aromatic heterocycles. The molecule has 0 aromatic rings. The number of aliphatic hydroxyl groups is 1. The normalized spacial score (nSPS) is 14.3. The highest BCUT2D eigenvalue weighted by molar-refractivity contribution is 7.47. The zero-order chi connectivity index (χ0) is 68.4. The first-order valence-corrected chi connectivity index (χ1v) is 41.7. The van der Waals surface area contributed by atoms with Gasteiger partial charge in [0.2, 0.25) is 0 Å². The van der Waals surface area contributed by atoms with Crippen molar-refractivity contribution in [2.75, 3.05) is 39.6 Å². The van der Waals surface area contributed by atoms with E-state index in [-0.39, 0.29) is 25.7 Å². The summed E-state index contributed by atoms with van der Waals surface area (Å²) in [5, 5.41) is 10.6. The largest absolute Gasteiger partial charge is 0.472 e. The summed E-state index contributed by atoms with van der Waals surface area (Å²) in [6.45, 7) is 7.29. The van der Waals surface area contributed by atoms with Crippen molar-refractivity contribution in [1.29, 1.82) is 0 Å². The molecular formula is C74H144O17P2. The number of hydrogen-bond acceptors (Lipinski definition) is 15. The van der Waals surface area contributed by atoms with Gasteiger partial charge in [-0.15, -0.1) is 0 Å². The van der Waals surface area contributed by atoms with Gasteiger partial charge in [0.05, 0.1) is 26.4 Å². The molecule has 0 saturated heterocycles. The zero-order valence-electron chi connectivity index (χ0n) is 60.4. The predicted molar refractivity (Wildman–Crippen MR) is 377 cm³/mol. The maximum Gasteiger partial charge on any atom is 0.472 e. The van der Waals surface area contributed by atoms with Crippen LogP contribution in [0.15, 0.2) is 0 Å². The SMILES string of the molecule is CCCCCCCCCCCCCCCCCC(=O)OC[C@H](COP(=O)(O)OC[C@@H](O)COP(=O)(O)OC[C@@H](COC(=O)CCCCCCCCCC)OC(=O)CCCCCCCCCC)OC(=O)CCCCCCCCCCCCCCCCCCCCC(C)CC. The molecular weight excluding hydrogens is 1220 g/mol. The lowest BCUT2D eigenvalue weighted by molar-refractivity contribution is -0.161. The molecule has 0 heterocycles. The monoisotopic (exact) mass is 1370 g/mol. The van der Waals surface area contributed by atoms with E-state index in [1.807, 2.05) is 0 Å². The topological polar surface area (TPSA) is 237 Å². The standard InChI is InChI=1S/C74H144O17P2/c1-6-10-13-16-19-22-23-24-29-33-36-39-44-48-53-58-72(77)85-64-70(91-74(79)60-55-50-45-40-37-34-31-28-26-25-27-30-32-35-38-41-46-51-56-67(5)9-4)66-89-93(82,83)87-62-68(75)61-86-92(80,81)88-65-69(90-73(78)59-54-49-43-21-18-15-12-8-3)63-84-71(76)57-52-47-42-20-17-14-11-7-2/h67-70,75H,6-66H2,1-5H3,(H,80,81)(H,82,83)/t67?,68-,69+,70+/m0/s1. The molecule has 6 atom stereocenters. The van der Waals surface area contributed by atoms with Crippen molar-refractivity contribution >= 4 is 39.5 Å². The molecule has 0 fully saturated rings. The highest BCUT2D eigenvalue weighted by Crippen LogP contribution is 2.45. The van der Waals surface area contributed by atoms with E-state index in [2.05, 4.69) is 34.6 Å². The number of carbonyl (C=O) groups is 4. The van der Waals surface area contributed by atoms with E-state index in [4.69, 9.17) is 37.0 Å². The van der Waals surface area contributed by atoms with Gasteiger partial charge in [0.1, 0.15) is 19.3 Å². The van der Waals surface area contributed by atoms with Gasteiger partial charge >= 0.3 is 39.5 Å². The summed E-state index contributed by atoms with van der Waals surface area (Å²) in [7, 11) is -9.90. The maximum atomic E-state index is 13.1. The van der Waals surface area contributed by atoms with Crippen LogP contribution in [0.5, 0.6) is 0 Å². The van der Waals surface area contributed by atoms with E-state index in [0.29, 0.717) is 25.7 Å². The van der Waals surface area contributed by atoms with Gasteiger partial charge < -0.3 is 33.8 Å². The zero-order valence-corrected chi connectivity index (χ0v) is 62.2. The average molecular weight is 1370 g/mol. The molecule has 0 rings (SSSR count). The Balaban J connectivity index is 5.13. The number of hydrogen-bond donors (Lipinski definition) is 3. The molecule has 0 aliphatic carbocycles. The van der Waals surface area contributed by atoms with Gasteiger partial charge in [-0.3, -0.25) is 37.3 Å². The molecule has 0 bridgehead atoms. The number of aliphatic hydroxyl groups excluding tert-OH is 1. The molecule has 0 aliphatic rings. The lowest BCUT2D eigenvalue weighted by Crippen LogP contribution is -2.30. The predicted octanol–water partition coefficient (Wildman–Crippen LogP) is 21.7. The summed E-state index contributed by atoms with van der Waals surface area (Å²) in [5.41, 5.74) is 0. The van der Waals surface area contributed by atoms with E-state index in [9.17, 15) is 43.2 Å². The van der Waals surface area contributed by atoms with E-state index in [1.165, 1.54) is 199 Å². The number of phosphoric ester groups is 2. The Morgan fingerprint density at radius 2 is 0.516 bits per heavy atom. The van der Waals surface area contributed by atoms with Crippen LogP contribution in [0.25, 0.3) is 0 Å². The molecule has 0 aliphatic heterocycles. The minimum atomic E-state index is -4.95. The summed E-state index contributed by atoms with van der Waals surface area (Å²) in [6.07, 6.45) is 55.7. The van der Waals surface area contributed by atoms with Crippen LogP contribution < -0.4 is 0 Å². The van der Waals surface area contributed by atoms with Gasteiger partial charge in [0.25, 0.3) is 0 Å². The Labute approximate surface area is 568 Å². The first-order chi connectivity index (χ1) is 45.1. The van der Waals surface area contributed by atoms with Crippen LogP contribution in [0.3, 0.4) is 0 Å². The van der Waals surface area contributed by atoms with E-state index < -0.39 is 97.5 Å². The Morgan fingerprint density at radius 1 is 0.301 bits per heavy atom. The minimum Gasteiger partial charge on any atom is -0.462 e. The van der Waals surface area contributed by atoms with Crippen molar-refractivity contribution in [1.82, 2.24) is 0 Å². The highest BCUT2D eigenvalue weighted by Gasteiger charge is 2.30. The van der Waals surface area contributed by atoms with Crippen LogP contribution in [0.2, 0.25) is 0 Å². The Kier molecular flexibility index (Phi) is 65.9. The third kappa shape index (κ3) is 67.0. The summed E-state index contributed by atoms with van der Waals surface area (Å²) >= 11 is 0. The average Bonchev–Trinajstić information content (AvgIpc) is 3.25. The van der Waals surface area contributed by atoms with E-state index in [1.54, 1.807) is 0 Å². The van der Waals surface area contributed by atoms with Gasteiger partial charge in [-0.1, -0.05) is 336 Å². The second-order valence-electron chi connectivity index (χ2n) is 26.9. The third-order valence-electron chi connectivity index (χ3n) is 17.6. The van der Waals surface area contributed by atoms with Crippen LogP contribution in [-0.2, 0) is 65.4 Å². The van der Waals surface area contributed by atoms with Crippen molar-refractivity contribution in [2.45, 2.75) is 406 Å². The molecule has 0 saturated carbocycles. The van der Waals surface area contributed by atoms with Crippen LogP contribution >= 0.6 is 15.6 Å². The Hall–Kier alpha value is -1.94. The number of esters is 4. The molecule has 0 spiro atoms.